The van der Waals surface area contributed by atoms with Crippen molar-refractivity contribution in [3.8, 4) is 0 Å². The van der Waals surface area contributed by atoms with Gasteiger partial charge in [-0.05, 0) is 39.7 Å². The number of aromatic nitrogens is 2. The number of hydrogen-bond acceptors (Lipinski definition) is 5. The summed E-state index contributed by atoms with van der Waals surface area (Å²) in [6.07, 6.45) is 6.75. The van der Waals surface area contributed by atoms with E-state index in [1.165, 1.54) is 25.8 Å². The highest BCUT2D eigenvalue weighted by Gasteiger charge is 2.36. The van der Waals surface area contributed by atoms with E-state index >= 15 is 0 Å². The zero-order valence-electron chi connectivity index (χ0n) is 13.8. The van der Waals surface area contributed by atoms with E-state index in [1.807, 2.05) is 13.0 Å². The molecular weight excluding hydrogens is 274 g/mol. The molecule has 3 rings (SSSR count). The van der Waals surface area contributed by atoms with Crippen LogP contribution >= 0.6 is 0 Å². The molecule has 22 heavy (non-hydrogen) atoms. The van der Waals surface area contributed by atoms with Crippen molar-refractivity contribution >= 4 is 11.8 Å². The molecule has 1 unspecified atom stereocenters. The van der Waals surface area contributed by atoms with Gasteiger partial charge in [-0.15, -0.1) is 6.58 Å². The molecule has 5 heteroatoms. The summed E-state index contributed by atoms with van der Waals surface area (Å²) in [5.74, 6) is 1.38. The topological polar surface area (TPSA) is 58.3 Å². The number of aryl methyl sites for hydroxylation is 1. The summed E-state index contributed by atoms with van der Waals surface area (Å²) in [7, 11) is 0. The van der Waals surface area contributed by atoms with Gasteiger partial charge in [0.05, 0.1) is 0 Å². The molecule has 120 valence electrons. The number of hydrogen-bond donors (Lipinski definition) is 1. The highest BCUT2D eigenvalue weighted by molar-refractivity contribution is 5.54. The van der Waals surface area contributed by atoms with E-state index in [0.29, 0.717) is 18.0 Å². The van der Waals surface area contributed by atoms with Gasteiger partial charge in [-0.1, -0.05) is 12.5 Å². The summed E-state index contributed by atoms with van der Waals surface area (Å²) >= 11 is 0. The van der Waals surface area contributed by atoms with Gasteiger partial charge < -0.3 is 10.6 Å². The lowest BCUT2D eigenvalue weighted by atomic mass is 9.97. The summed E-state index contributed by atoms with van der Waals surface area (Å²) in [6, 6.07) is 1.37. The predicted octanol–water partition coefficient (Wildman–Crippen LogP) is 2.16. The molecule has 1 aromatic rings. The Morgan fingerprint density at radius 2 is 2.09 bits per heavy atom. The maximum absolute atomic E-state index is 5.86. The van der Waals surface area contributed by atoms with Crippen molar-refractivity contribution in [1.29, 1.82) is 0 Å². The largest absolute Gasteiger partial charge is 0.368 e. The molecule has 0 spiro atoms. The standard InChI is InChI=1S/C17H27N5/c1-4-7-15-13(3)19-17(18)20-16(15)21-10-14(11-21)22-9-6-5-8-12(22)2/h4,12,14H,1,5-11H2,2-3H3,(H2,18,19,20). The van der Waals surface area contributed by atoms with Gasteiger partial charge in [-0.2, -0.15) is 4.98 Å². The highest BCUT2D eigenvalue weighted by Crippen LogP contribution is 2.30. The molecule has 2 N–H and O–H groups in total. The average Bonchev–Trinajstić information content (AvgIpc) is 2.43. The first-order valence-corrected chi connectivity index (χ1v) is 8.34. The van der Waals surface area contributed by atoms with Crippen LogP contribution in [0, 0.1) is 6.92 Å². The molecule has 0 aromatic carbocycles. The smallest absolute Gasteiger partial charge is 0.222 e. The minimum absolute atomic E-state index is 0.370. The lowest BCUT2D eigenvalue weighted by Crippen LogP contribution is -2.62. The number of likely N-dealkylation sites (tertiary alicyclic amines) is 1. The van der Waals surface area contributed by atoms with Crippen molar-refractivity contribution < 1.29 is 0 Å². The van der Waals surface area contributed by atoms with Crippen LogP contribution in [0.2, 0.25) is 0 Å². The van der Waals surface area contributed by atoms with Crippen LogP contribution in [0.25, 0.3) is 0 Å². The van der Waals surface area contributed by atoms with Crippen molar-refractivity contribution in [2.24, 2.45) is 0 Å². The van der Waals surface area contributed by atoms with Crippen molar-refractivity contribution in [2.45, 2.75) is 51.6 Å². The highest BCUT2D eigenvalue weighted by atomic mass is 15.4. The summed E-state index contributed by atoms with van der Waals surface area (Å²) in [5.41, 5.74) is 7.99. The van der Waals surface area contributed by atoms with Crippen LogP contribution in [0.4, 0.5) is 11.8 Å². The normalized spacial score (nSPS) is 23.4. The molecule has 5 nitrogen and oxygen atoms in total. The van der Waals surface area contributed by atoms with E-state index < -0.39 is 0 Å². The van der Waals surface area contributed by atoms with E-state index in [0.717, 1.165) is 36.6 Å². The van der Waals surface area contributed by atoms with E-state index in [9.17, 15) is 0 Å². The molecule has 2 aliphatic heterocycles. The predicted molar refractivity (Wildman–Crippen MR) is 91.1 cm³/mol. The number of nitrogens with two attached hydrogens (primary N) is 1. The molecule has 3 heterocycles. The van der Waals surface area contributed by atoms with E-state index in [1.54, 1.807) is 0 Å². The van der Waals surface area contributed by atoms with Gasteiger partial charge in [0, 0.05) is 36.4 Å². The number of nitrogens with zero attached hydrogens (tertiary/aromatic N) is 4. The van der Waals surface area contributed by atoms with Gasteiger partial charge in [0.15, 0.2) is 0 Å². The Morgan fingerprint density at radius 1 is 1.32 bits per heavy atom. The van der Waals surface area contributed by atoms with Gasteiger partial charge >= 0.3 is 0 Å². The van der Waals surface area contributed by atoms with Crippen LogP contribution in [0.5, 0.6) is 0 Å². The number of rotatable bonds is 4. The Labute approximate surface area is 133 Å². The number of anilines is 2. The fourth-order valence-corrected chi connectivity index (χ4v) is 3.75. The van der Waals surface area contributed by atoms with Gasteiger partial charge in [0.1, 0.15) is 5.82 Å². The third kappa shape index (κ3) is 2.82. The van der Waals surface area contributed by atoms with Gasteiger partial charge in [0.25, 0.3) is 0 Å². The fraction of sp³-hybridized carbons (Fsp3) is 0.647. The second-order valence-corrected chi connectivity index (χ2v) is 6.60. The Balaban J connectivity index is 1.73. The van der Waals surface area contributed by atoms with Crippen molar-refractivity contribution in [2.75, 3.05) is 30.3 Å². The molecule has 2 fully saturated rings. The second-order valence-electron chi connectivity index (χ2n) is 6.60. The van der Waals surface area contributed by atoms with Gasteiger partial charge in [-0.25, -0.2) is 4.98 Å². The van der Waals surface area contributed by atoms with E-state index in [2.05, 4.69) is 33.3 Å². The lowest BCUT2D eigenvalue weighted by molar-refractivity contribution is 0.0872. The molecule has 2 saturated heterocycles. The quantitative estimate of drug-likeness (QED) is 0.864. The second kappa shape index (κ2) is 6.24. The Morgan fingerprint density at radius 3 is 2.77 bits per heavy atom. The summed E-state index contributed by atoms with van der Waals surface area (Å²) in [6.45, 7) is 11.5. The van der Waals surface area contributed by atoms with Crippen LogP contribution < -0.4 is 10.6 Å². The molecule has 1 atom stereocenters. The lowest BCUT2D eigenvalue weighted by Gasteiger charge is -2.50. The minimum atomic E-state index is 0.370. The van der Waals surface area contributed by atoms with Gasteiger partial charge in [0.2, 0.25) is 5.95 Å². The zero-order chi connectivity index (χ0) is 15.7. The Hall–Kier alpha value is -1.62. The number of nitrogen functional groups attached to an aromatic ring is 1. The molecule has 0 bridgehead atoms. The molecule has 0 aliphatic carbocycles. The van der Waals surface area contributed by atoms with E-state index in [4.69, 9.17) is 5.73 Å². The average molecular weight is 301 g/mol. The van der Waals surface area contributed by atoms with E-state index in [-0.39, 0.29) is 0 Å². The third-order valence-corrected chi connectivity index (χ3v) is 5.04. The molecule has 0 saturated carbocycles. The van der Waals surface area contributed by atoms with Crippen molar-refractivity contribution in [3.63, 3.8) is 0 Å². The summed E-state index contributed by atoms with van der Waals surface area (Å²) in [4.78, 5) is 13.8. The van der Waals surface area contributed by atoms with Crippen molar-refractivity contribution in [1.82, 2.24) is 14.9 Å². The Bertz CT molecular complexity index is 550. The van der Waals surface area contributed by atoms with Crippen LogP contribution in [0.1, 0.15) is 37.4 Å². The molecular formula is C17H27N5. The third-order valence-electron chi connectivity index (χ3n) is 5.04. The summed E-state index contributed by atoms with van der Waals surface area (Å²) in [5, 5.41) is 0. The maximum Gasteiger partial charge on any atom is 0.222 e. The first kappa shape index (κ1) is 15.3. The van der Waals surface area contributed by atoms with Crippen LogP contribution in [0.3, 0.4) is 0 Å². The van der Waals surface area contributed by atoms with Crippen LogP contribution in [-0.4, -0.2) is 46.6 Å². The van der Waals surface area contributed by atoms with Crippen LogP contribution in [-0.2, 0) is 6.42 Å². The minimum Gasteiger partial charge on any atom is -0.368 e. The first-order valence-electron chi connectivity index (χ1n) is 8.34. The summed E-state index contributed by atoms with van der Waals surface area (Å²) < 4.78 is 0. The van der Waals surface area contributed by atoms with Crippen molar-refractivity contribution in [3.05, 3.63) is 23.9 Å². The molecule has 1 aromatic heterocycles. The van der Waals surface area contributed by atoms with Gasteiger partial charge in [-0.3, -0.25) is 4.90 Å². The Kier molecular flexibility index (Phi) is 4.34. The molecule has 0 radical (unpaired) electrons. The number of piperidine rings is 1. The molecule has 0 amide bonds. The molecule has 2 aliphatic rings. The first-order chi connectivity index (χ1) is 10.6. The monoisotopic (exact) mass is 301 g/mol. The maximum atomic E-state index is 5.86. The SMILES string of the molecule is C=CCc1c(C)nc(N)nc1N1CC(N2CCCCC2C)C1. The zero-order valence-corrected chi connectivity index (χ0v) is 13.8. The number of allylic oxidation sites excluding steroid dienone is 1. The van der Waals surface area contributed by atoms with Crippen LogP contribution in [0.15, 0.2) is 12.7 Å². The fourth-order valence-electron chi connectivity index (χ4n) is 3.75.